The van der Waals surface area contributed by atoms with Gasteiger partial charge < -0.3 is 21.3 Å². The third-order valence-electron chi connectivity index (χ3n) is 2.94. The molecule has 146 valence electrons. The van der Waals surface area contributed by atoms with Gasteiger partial charge in [0.15, 0.2) is 0 Å². The third kappa shape index (κ3) is 32.4. The van der Waals surface area contributed by atoms with Gasteiger partial charge in [-0.05, 0) is 13.1 Å². The summed E-state index contributed by atoms with van der Waals surface area (Å²) in [6, 6.07) is 7.46. The van der Waals surface area contributed by atoms with Gasteiger partial charge in [0.1, 0.15) is 0 Å². The SMILES string of the molecule is CCCC[NH-].CCCC[NH-].CCCC[NH-].C[Si](C)(F)[c-]1cccc1.[Zr+4]. The van der Waals surface area contributed by atoms with Crippen LogP contribution in [0.5, 0.6) is 0 Å². The molecule has 1 aromatic rings. The molecule has 0 aliphatic heterocycles. The van der Waals surface area contributed by atoms with Crippen molar-refractivity contribution in [1.29, 1.82) is 0 Å². The van der Waals surface area contributed by atoms with E-state index in [4.69, 9.17) is 17.2 Å². The summed E-state index contributed by atoms with van der Waals surface area (Å²) in [6.45, 7) is 11.5. The van der Waals surface area contributed by atoms with E-state index in [0.29, 0.717) is 19.6 Å². The Hall–Kier alpha value is 0.260. The maximum Gasteiger partial charge on any atom is 4.00 e. The van der Waals surface area contributed by atoms with Crippen LogP contribution in [0.3, 0.4) is 0 Å². The number of unbranched alkanes of at least 4 members (excludes halogenated alkanes) is 3. The zero-order valence-electron chi connectivity index (χ0n) is 17.1. The molecule has 1 aromatic carbocycles. The molecule has 3 nitrogen and oxygen atoms in total. The van der Waals surface area contributed by atoms with E-state index in [1.165, 1.54) is 0 Å². The molecule has 0 unspecified atom stereocenters. The first kappa shape index (κ1) is 32.9. The predicted octanol–water partition coefficient (Wildman–Crippen LogP) is 7.30. The smallest absolute Gasteiger partial charge is 0.677 e. The fraction of sp³-hybridized carbons (Fsp3) is 0.737. The Labute approximate surface area is 177 Å². The van der Waals surface area contributed by atoms with Crippen LogP contribution < -0.4 is 5.19 Å². The van der Waals surface area contributed by atoms with Crippen LogP contribution in [0.25, 0.3) is 17.2 Å². The van der Waals surface area contributed by atoms with Gasteiger partial charge >= 0.3 is 26.2 Å². The molecule has 0 atom stereocenters. The first-order chi connectivity index (χ1) is 11.3. The summed E-state index contributed by atoms with van der Waals surface area (Å²) >= 11 is 0. The van der Waals surface area contributed by atoms with Crippen LogP contribution in [0.15, 0.2) is 24.3 Å². The van der Waals surface area contributed by atoms with Gasteiger partial charge in [0.2, 0.25) is 8.41 Å². The second kappa shape index (κ2) is 26.5. The summed E-state index contributed by atoms with van der Waals surface area (Å²) in [6.07, 6.45) is 6.64. The van der Waals surface area contributed by atoms with Gasteiger partial charge in [-0.1, -0.05) is 59.3 Å². The summed E-state index contributed by atoms with van der Waals surface area (Å²) < 4.78 is 13.1. The van der Waals surface area contributed by atoms with Crippen LogP contribution in [-0.2, 0) is 26.2 Å². The molecule has 0 heterocycles. The van der Waals surface area contributed by atoms with Crippen molar-refractivity contribution in [2.24, 2.45) is 0 Å². The van der Waals surface area contributed by atoms with Crippen molar-refractivity contribution in [3.05, 3.63) is 41.5 Å². The van der Waals surface area contributed by atoms with Crippen LogP contribution in [0.4, 0.5) is 4.11 Å². The quantitative estimate of drug-likeness (QED) is 0.238. The van der Waals surface area contributed by atoms with Crippen molar-refractivity contribution in [1.82, 2.24) is 0 Å². The molecule has 0 aromatic heterocycles. The molecule has 3 N–H and O–H groups in total. The average molecular weight is 449 g/mol. The third-order valence-corrected chi connectivity index (χ3v) is 4.65. The molecular formula is C19H40FN3SiZr. The molecule has 0 aliphatic carbocycles. The molecule has 0 spiro atoms. The second-order valence-corrected chi connectivity index (χ2v) is 9.48. The normalized spacial score (nSPS) is 9.32. The molecule has 0 amide bonds. The van der Waals surface area contributed by atoms with Crippen LogP contribution in [-0.4, -0.2) is 28.0 Å². The molecule has 0 radical (unpaired) electrons. The van der Waals surface area contributed by atoms with E-state index in [-0.39, 0.29) is 26.2 Å². The standard InChI is InChI=1S/C7H10FSi.3C4H10N.Zr/c1-9(2,8)7-5-3-4-6-7;3*1-2-3-4-5;/h3-6H,1-2H3;3*5H,2-4H2,1H3;/q4*-1;+4. The summed E-state index contributed by atoms with van der Waals surface area (Å²) in [7, 11) is -2.48. The first-order valence-electron chi connectivity index (χ1n) is 9.20. The van der Waals surface area contributed by atoms with E-state index in [1.54, 1.807) is 13.1 Å². The van der Waals surface area contributed by atoms with Crippen molar-refractivity contribution in [3.63, 3.8) is 0 Å². The molecule has 0 aliphatic rings. The molecule has 25 heavy (non-hydrogen) atoms. The number of rotatable bonds is 7. The topological polar surface area (TPSA) is 71.4 Å². The Bertz CT molecular complexity index is 284. The van der Waals surface area contributed by atoms with E-state index >= 15 is 0 Å². The maximum atomic E-state index is 13.1. The minimum absolute atomic E-state index is 0. The summed E-state index contributed by atoms with van der Waals surface area (Å²) in [5, 5.41) is 0.891. The Morgan fingerprint density at radius 1 is 0.760 bits per heavy atom. The van der Waals surface area contributed by atoms with E-state index in [0.717, 1.165) is 43.7 Å². The van der Waals surface area contributed by atoms with Crippen LogP contribution in [0.1, 0.15) is 59.3 Å². The minimum Gasteiger partial charge on any atom is -0.677 e. The van der Waals surface area contributed by atoms with Crippen molar-refractivity contribution in [2.75, 3.05) is 19.6 Å². The Morgan fingerprint density at radius 3 is 1.12 bits per heavy atom. The number of halogens is 1. The molecule has 1 rings (SSSR count). The van der Waals surface area contributed by atoms with Crippen molar-refractivity contribution in [2.45, 2.75) is 72.4 Å². The number of hydrogen-bond donors (Lipinski definition) is 0. The second-order valence-electron chi connectivity index (χ2n) is 5.96. The average Bonchev–Trinajstić information content (AvgIpc) is 3.06. The molecule has 0 saturated heterocycles. The Balaban J connectivity index is -0.000000122. The van der Waals surface area contributed by atoms with Crippen molar-refractivity contribution in [3.8, 4) is 0 Å². The predicted molar refractivity (Wildman–Crippen MR) is 113 cm³/mol. The summed E-state index contributed by atoms with van der Waals surface area (Å²) in [5.41, 5.74) is 19.8. The van der Waals surface area contributed by atoms with Gasteiger partial charge in [0.25, 0.3) is 0 Å². The zero-order chi connectivity index (χ0) is 19.3. The Morgan fingerprint density at radius 2 is 1.04 bits per heavy atom. The number of nitrogens with one attached hydrogen (secondary N) is 3. The maximum absolute atomic E-state index is 13.1. The van der Waals surface area contributed by atoms with Gasteiger partial charge in [-0.2, -0.15) is 31.8 Å². The zero-order valence-corrected chi connectivity index (χ0v) is 20.5. The van der Waals surface area contributed by atoms with Gasteiger partial charge in [-0.3, -0.25) is 0 Å². The van der Waals surface area contributed by atoms with Crippen LogP contribution in [0.2, 0.25) is 13.1 Å². The van der Waals surface area contributed by atoms with Gasteiger partial charge in [-0.15, -0.1) is 5.19 Å². The largest absolute Gasteiger partial charge is 4.00 e. The summed E-state index contributed by atoms with van der Waals surface area (Å²) in [5.74, 6) is 0. The van der Waals surface area contributed by atoms with Crippen LogP contribution in [0, 0.1) is 0 Å². The number of hydrogen-bond acceptors (Lipinski definition) is 0. The fourth-order valence-electron chi connectivity index (χ4n) is 1.30. The fourth-order valence-corrected chi connectivity index (χ4v) is 2.29. The monoisotopic (exact) mass is 447 g/mol. The van der Waals surface area contributed by atoms with Crippen LogP contribution >= 0.6 is 0 Å². The van der Waals surface area contributed by atoms with E-state index < -0.39 is 8.41 Å². The van der Waals surface area contributed by atoms with E-state index in [9.17, 15) is 4.11 Å². The van der Waals surface area contributed by atoms with Gasteiger partial charge in [0.05, 0.1) is 0 Å². The molecular weight excluding hydrogens is 409 g/mol. The first-order valence-corrected chi connectivity index (χ1v) is 12.1. The van der Waals surface area contributed by atoms with Gasteiger partial charge in [0, 0.05) is 0 Å². The van der Waals surface area contributed by atoms with Crippen molar-refractivity contribution < 1.29 is 30.3 Å². The summed E-state index contributed by atoms with van der Waals surface area (Å²) in [4.78, 5) is 0. The van der Waals surface area contributed by atoms with Gasteiger partial charge in [-0.25, -0.2) is 12.1 Å². The molecule has 0 saturated carbocycles. The van der Waals surface area contributed by atoms with Crippen molar-refractivity contribution >= 4 is 13.6 Å². The minimum atomic E-state index is -2.48. The molecule has 6 heteroatoms. The Kier molecular flexibility index (Phi) is 34.9. The molecule has 0 fully saturated rings. The molecule has 0 bridgehead atoms. The van der Waals surface area contributed by atoms with E-state index in [1.807, 2.05) is 24.3 Å². The van der Waals surface area contributed by atoms with E-state index in [2.05, 4.69) is 20.8 Å².